The lowest BCUT2D eigenvalue weighted by Gasteiger charge is -2.04. The summed E-state index contributed by atoms with van der Waals surface area (Å²) in [5, 5.41) is 0.625. The van der Waals surface area contributed by atoms with Gasteiger partial charge in [0, 0.05) is 10.5 Å². The fourth-order valence-corrected chi connectivity index (χ4v) is 2.97. The molecule has 104 valence electrons. The highest BCUT2D eigenvalue weighted by molar-refractivity contribution is 7.85. The Labute approximate surface area is 128 Å². The standard InChI is InChI=1S/C14H9Cl2FO2S/c15-12-5-4-11(7-13(12)16)20(19)8-14(18)9-2-1-3-10(17)6-9/h1-7H,8H2. The van der Waals surface area contributed by atoms with E-state index in [9.17, 15) is 13.4 Å². The van der Waals surface area contributed by atoms with Gasteiger partial charge in [0.1, 0.15) is 5.82 Å². The number of hydrogen-bond donors (Lipinski definition) is 0. The Kier molecular flexibility index (Phi) is 4.91. The van der Waals surface area contributed by atoms with Gasteiger partial charge in [0.25, 0.3) is 0 Å². The van der Waals surface area contributed by atoms with Crippen molar-refractivity contribution in [2.45, 2.75) is 4.90 Å². The minimum Gasteiger partial charge on any atom is -0.293 e. The molecule has 0 amide bonds. The van der Waals surface area contributed by atoms with Crippen LogP contribution >= 0.6 is 23.2 Å². The minimum atomic E-state index is -1.55. The topological polar surface area (TPSA) is 34.1 Å². The van der Waals surface area contributed by atoms with Gasteiger partial charge in [-0.2, -0.15) is 0 Å². The van der Waals surface area contributed by atoms with Crippen molar-refractivity contribution in [3.8, 4) is 0 Å². The van der Waals surface area contributed by atoms with Crippen LogP contribution in [0.15, 0.2) is 47.4 Å². The zero-order chi connectivity index (χ0) is 14.7. The molecule has 0 radical (unpaired) electrons. The number of carbonyl (C=O) groups is 1. The number of Topliss-reactive ketones (excluding diaryl/α,β-unsaturated/α-hetero) is 1. The van der Waals surface area contributed by atoms with Crippen LogP contribution in [0.1, 0.15) is 10.4 Å². The van der Waals surface area contributed by atoms with E-state index in [2.05, 4.69) is 0 Å². The summed E-state index contributed by atoms with van der Waals surface area (Å²) in [6.45, 7) is 0. The van der Waals surface area contributed by atoms with Gasteiger partial charge < -0.3 is 0 Å². The van der Waals surface area contributed by atoms with Crippen molar-refractivity contribution in [2.24, 2.45) is 0 Å². The van der Waals surface area contributed by atoms with Crippen LogP contribution in [-0.4, -0.2) is 15.7 Å². The zero-order valence-electron chi connectivity index (χ0n) is 10.1. The number of ketones is 1. The van der Waals surface area contributed by atoms with Crippen LogP contribution in [-0.2, 0) is 10.8 Å². The number of benzene rings is 2. The van der Waals surface area contributed by atoms with Crippen molar-refractivity contribution >= 4 is 39.8 Å². The summed E-state index contributed by atoms with van der Waals surface area (Å²) < 4.78 is 25.1. The van der Waals surface area contributed by atoms with E-state index in [-0.39, 0.29) is 16.3 Å². The summed E-state index contributed by atoms with van der Waals surface area (Å²) >= 11 is 11.6. The summed E-state index contributed by atoms with van der Waals surface area (Å²) in [6.07, 6.45) is 0. The average molecular weight is 331 g/mol. The Bertz CT molecular complexity index is 689. The van der Waals surface area contributed by atoms with Gasteiger partial charge in [-0.05, 0) is 30.3 Å². The Morgan fingerprint density at radius 1 is 1.10 bits per heavy atom. The molecule has 0 fully saturated rings. The van der Waals surface area contributed by atoms with E-state index in [4.69, 9.17) is 23.2 Å². The van der Waals surface area contributed by atoms with Crippen molar-refractivity contribution < 1.29 is 13.4 Å². The van der Waals surface area contributed by atoms with E-state index in [0.717, 1.165) is 6.07 Å². The third-order valence-corrected chi connectivity index (χ3v) is 4.61. The predicted octanol–water partition coefficient (Wildman–Crippen LogP) is 4.12. The smallest absolute Gasteiger partial charge is 0.175 e. The second kappa shape index (κ2) is 6.48. The lowest BCUT2D eigenvalue weighted by Crippen LogP contribution is -2.11. The highest BCUT2D eigenvalue weighted by atomic mass is 35.5. The maximum Gasteiger partial charge on any atom is 0.175 e. The molecule has 0 heterocycles. The van der Waals surface area contributed by atoms with Crippen LogP contribution < -0.4 is 0 Å². The van der Waals surface area contributed by atoms with Crippen molar-refractivity contribution in [3.05, 3.63) is 63.9 Å². The molecule has 1 unspecified atom stereocenters. The second-order valence-electron chi connectivity index (χ2n) is 4.00. The van der Waals surface area contributed by atoms with Gasteiger partial charge in [-0.1, -0.05) is 35.3 Å². The van der Waals surface area contributed by atoms with Gasteiger partial charge in [-0.25, -0.2) is 4.39 Å². The average Bonchev–Trinajstić information content (AvgIpc) is 2.41. The molecule has 1 atom stereocenters. The first-order valence-corrected chi connectivity index (χ1v) is 7.67. The molecule has 20 heavy (non-hydrogen) atoms. The highest BCUT2D eigenvalue weighted by Crippen LogP contribution is 2.24. The van der Waals surface area contributed by atoms with Crippen molar-refractivity contribution in [1.82, 2.24) is 0 Å². The fraction of sp³-hybridized carbons (Fsp3) is 0.0714. The van der Waals surface area contributed by atoms with E-state index >= 15 is 0 Å². The molecule has 0 N–H and O–H groups in total. The van der Waals surface area contributed by atoms with E-state index in [1.165, 1.54) is 30.3 Å². The van der Waals surface area contributed by atoms with Crippen LogP contribution in [0.25, 0.3) is 0 Å². The molecule has 2 nitrogen and oxygen atoms in total. The first kappa shape index (κ1) is 15.2. The summed E-state index contributed by atoms with van der Waals surface area (Å²) in [5.74, 6) is -1.13. The number of rotatable bonds is 4. The Hall–Kier alpha value is -1.23. The van der Waals surface area contributed by atoms with Crippen LogP contribution in [0, 0.1) is 5.82 Å². The van der Waals surface area contributed by atoms with Crippen LogP contribution in [0.2, 0.25) is 10.0 Å². The SMILES string of the molecule is O=C(CS(=O)c1ccc(Cl)c(Cl)c1)c1cccc(F)c1. The molecule has 6 heteroatoms. The normalized spacial score (nSPS) is 12.2. The Balaban J connectivity index is 2.15. The van der Waals surface area contributed by atoms with Crippen molar-refractivity contribution in [1.29, 1.82) is 0 Å². The molecule has 0 aliphatic heterocycles. The first-order chi connectivity index (χ1) is 9.47. The second-order valence-corrected chi connectivity index (χ2v) is 6.26. The van der Waals surface area contributed by atoms with Gasteiger partial charge in [-0.15, -0.1) is 0 Å². The van der Waals surface area contributed by atoms with Crippen molar-refractivity contribution in [2.75, 3.05) is 5.75 Å². The monoisotopic (exact) mass is 330 g/mol. The van der Waals surface area contributed by atoms with Gasteiger partial charge >= 0.3 is 0 Å². The largest absolute Gasteiger partial charge is 0.293 e. The molecule has 0 bridgehead atoms. The highest BCUT2D eigenvalue weighted by Gasteiger charge is 2.14. The van der Waals surface area contributed by atoms with E-state index in [0.29, 0.717) is 9.92 Å². The molecule has 0 aliphatic rings. The molecule has 0 saturated heterocycles. The van der Waals surface area contributed by atoms with Crippen LogP contribution in [0.4, 0.5) is 4.39 Å². The minimum absolute atomic E-state index is 0.193. The fourth-order valence-electron chi connectivity index (χ4n) is 1.57. The van der Waals surface area contributed by atoms with Gasteiger partial charge in [-0.3, -0.25) is 9.00 Å². The van der Waals surface area contributed by atoms with Gasteiger partial charge in [0.2, 0.25) is 0 Å². The van der Waals surface area contributed by atoms with E-state index < -0.39 is 22.4 Å². The van der Waals surface area contributed by atoms with Gasteiger partial charge in [0.05, 0.1) is 26.6 Å². The Morgan fingerprint density at radius 3 is 2.50 bits per heavy atom. The van der Waals surface area contributed by atoms with E-state index in [1.54, 1.807) is 6.07 Å². The molecule has 0 aromatic heterocycles. The summed E-state index contributed by atoms with van der Waals surface area (Å²) in [6, 6.07) is 9.80. The number of hydrogen-bond acceptors (Lipinski definition) is 2. The van der Waals surface area contributed by atoms with Crippen LogP contribution in [0.5, 0.6) is 0 Å². The lowest BCUT2D eigenvalue weighted by molar-refractivity contribution is 0.102. The van der Waals surface area contributed by atoms with Crippen molar-refractivity contribution in [3.63, 3.8) is 0 Å². The third kappa shape index (κ3) is 3.66. The summed E-state index contributed by atoms with van der Waals surface area (Å²) in [7, 11) is -1.55. The summed E-state index contributed by atoms with van der Waals surface area (Å²) in [5.41, 5.74) is 0.193. The molecule has 0 spiro atoms. The van der Waals surface area contributed by atoms with Crippen LogP contribution in [0.3, 0.4) is 0 Å². The molecule has 0 aliphatic carbocycles. The molecule has 0 saturated carbocycles. The summed E-state index contributed by atoms with van der Waals surface area (Å²) in [4.78, 5) is 12.3. The third-order valence-electron chi connectivity index (χ3n) is 2.56. The Morgan fingerprint density at radius 2 is 1.85 bits per heavy atom. The quantitative estimate of drug-likeness (QED) is 0.790. The maximum atomic E-state index is 13.0. The molecule has 2 aromatic carbocycles. The number of carbonyl (C=O) groups excluding carboxylic acids is 1. The molecule has 2 aromatic rings. The lowest BCUT2D eigenvalue weighted by atomic mass is 10.1. The first-order valence-electron chi connectivity index (χ1n) is 5.59. The molecular formula is C14H9Cl2FO2S. The van der Waals surface area contributed by atoms with E-state index in [1.807, 2.05) is 0 Å². The number of halogens is 3. The van der Waals surface area contributed by atoms with Gasteiger partial charge in [0.15, 0.2) is 5.78 Å². The maximum absolute atomic E-state index is 13.0. The molecule has 2 rings (SSSR count). The zero-order valence-corrected chi connectivity index (χ0v) is 12.4. The molecular weight excluding hydrogens is 322 g/mol. The predicted molar refractivity (Wildman–Crippen MR) is 78.5 cm³/mol.